The minimum atomic E-state index is -0.307. The van der Waals surface area contributed by atoms with Gasteiger partial charge in [-0.1, -0.05) is 48.0 Å². The van der Waals surface area contributed by atoms with Crippen LogP contribution in [-0.2, 0) is 0 Å². The Bertz CT molecular complexity index is 448. The smallest absolute Gasteiger partial charge is 0.147 e. The van der Waals surface area contributed by atoms with Crippen molar-refractivity contribution in [1.29, 1.82) is 0 Å². The highest BCUT2D eigenvalue weighted by Gasteiger charge is 2.11. The van der Waals surface area contributed by atoms with Crippen LogP contribution in [0.25, 0.3) is 0 Å². The standard InChI is InChI=1S/C15H16O2/c1-12-7-9-14(10-8-12)17-15(11-16)13-5-3-2-4-6-13/h2-10,15-16H,11H2,1H3. The summed E-state index contributed by atoms with van der Waals surface area (Å²) in [4.78, 5) is 0. The van der Waals surface area contributed by atoms with Crippen LogP contribution in [0.4, 0.5) is 0 Å². The fraction of sp³-hybridized carbons (Fsp3) is 0.200. The maximum absolute atomic E-state index is 9.37. The normalized spacial score (nSPS) is 12.1. The van der Waals surface area contributed by atoms with Gasteiger partial charge in [0.15, 0.2) is 0 Å². The molecule has 2 aromatic rings. The largest absolute Gasteiger partial charge is 0.483 e. The molecule has 0 fully saturated rings. The molecule has 0 radical (unpaired) electrons. The molecule has 17 heavy (non-hydrogen) atoms. The van der Waals surface area contributed by atoms with Crippen molar-refractivity contribution < 1.29 is 9.84 Å². The summed E-state index contributed by atoms with van der Waals surface area (Å²) in [6.45, 7) is 2.00. The molecule has 0 saturated heterocycles. The Morgan fingerprint density at radius 2 is 1.65 bits per heavy atom. The average Bonchev–Trinajstić information content (AvgIpc) is 2.39. The van der Waals surface area contributed by atoms with Gasteiger partial charge in [-0.25, -0.2) is 0 Å². The summed E-state index contributed by atoms with van der Waals surface area (Å²) in [5.74, 6) is 0.776. The molecule has 0 bridgehead atoms. The number of hydrogen-bond donors (Lipinski definition) is 1. The Morgan fingerprint density at radius 3 is 2.24 bits per heavy atom. The molecule has 2 nitrogen and oxygen atoms in total. The van der Waals surface area contributed by atoms with Crippen molar-refractivity contribution in [2.45, 2.75) is 13.0 Å². The lowest BCUT2D eigenvalue weighted by atomic mass is 10.1. The van der Waals surface area contributed by atoms with Gasteiger partial charge < -0.3 is 9.84 Å². The molecule has 0 aliphatic carbocycles. The second-order valence-corrected chi connectivity index (χ2v) is 4.01. The molecule has 2 heteroatoms. The van der Waals surface area contributed by atoms with Crippen molar-refractivity contribution in [3.05, 3.63) is 65.7 Å². The van der Waals surface area contributed by atoms with Crippen LogP contribution in [0, 0.1) is 6.92 Å². The van der Waals surface area contributed by atoms with E-state index in [9.17, 15) is 5.11 Å². The second kappa shape index (κ2) is 5.51. The summed E-state index contributed by atoms with van der Waals surface area (Å²) in [5.41, 5.74) is 2.17. The molecule has 2 rings (SSSR count). The first-order valence-corrected chi connectivity index (χ1v) is 5.69. The van der Waals surface area contributed by atoms with E-state index in [1.165, 1.54) is 5.56 Å². The van der Waals surface area contributed by atoms with Gasteiger partial charge in [-0.05, 0) is 24.6 Å². The molecule has 0 amide bonds. The lowest BCUT2D eigenvalue weighted by molar-refractivity contribution is 0.116. The zero-order valence-corrected chi connectivity index (χ0v) is 9.84. The highest BCUT2D eigenvalue weighted by molar-refractivity contribution is 5.28. The monoisotopic (exact) mass is 228 g/mol. The van der Waals surface area contributed by atoms with Crippen LogP contribution < -0.4 is 4.74 Å². The number of benzene rings is 2. The zero-order chi connectivity index (χ0) is 12.1. The van der Waals surface area contributed by atoms with Crippen LogP contribution in [0.2, 0.25) is 0 Å². The number of aliphatic hydroxyl groups excluding tert-OH is 1. The van der Waals surface area contributed by atoms with Gasteiger partial charge in [-0.3, -0.25) is 0 Å². The first kappa shape index (κ1) is 11.7. The summed E-state index contributed by atoms with van der Waals surface area (Å²) in [6, 6.07) is 17.6. The minimum Gasteiger partial charge on any atom is -0.483 e. The third-order valence-electron chi connectivity index (χ3n) is 2.64. The van der Waals surface area contributed by atoms with Gasteiger partial charge >= 0.3 is 0 Å². The second-order valence-electron chi connectivity index (χ2n) is 4.01. The Labute approximate surface area is 101 Å². The van der Waals surface area contributed by atoms with Crippen LogP contribution in [-0.4, -0.2) is 11.7 Å². The van der Waals surface area contributed by atoms with Crippen LogP contribution in [0.3, 0.4) is 0 Å². The molecule has 0 aromatic heterocycles. The van der Waals surface area contributed by atoms with E-state index in [0.717, 1.165) is 11.3 Å². The SMILES string of the molecule is Cc1ccc(OC(CO)c2ccccc2)cc1. The molecule has 0 spiro atoms. The Morgan fingerprint density at radius 1 is 1.00 bits per heavy atom. The van der Waals surface area contributed by atoms with Gasteiger partial charge in [-0.2, -0.15) is 0 Å². The van der Waals surface area contributed by atoms with Gasteiger partial charge in [-0.15, -0.1) is 0 Å². The van der Waals surface area contributed by atoms with E-state index in [0.29, 0.717) is 0 Å². The molecule has 88 valence electrons. The third-order valence-corrected chi connectivity index (χ3v) is 2.64. The molecule has 2 aromatic carbocycles. The molecule has 1 unspecified atom stereocenters. The highest BCUT2D eigenvalue weighted by atomic mass is 16.5. The van der Waals surface area contributed by atoms with Crippen LogP contribution in [0.15, 0.2) is 54.6 Å². The van der Waals surface area contributed by atoms with Crippen LogP contribution in [0.1, 0.15) is 17.2 Å². The van der Waals surface area contributed by atoms with Gasteiger partial charge in [0.25, 0.3) is 0 Å². The van der Waals surface area contributed by atoms with Crippen molar-refractivity contribution in [3.8, 4) is 5.75 Å². The van der Waals surface area contributed by atoms with Crippen LogP contribution >= 0.6 is 0 Å². The van der Waals surface area contributed by atoms with Crippen molar-refractivity contribution in [3.63, 3.8) is 0 Å². The van der Waals surface area contributed by atoms with Crippen molar-refractivity contribution in [1.82, 2.24) is 0 Å². The van der Waals surface area contributed by atoms with Gasteiger partial charge in [0, 0.05) is 0 Å². The molecular formula is C15H16O2. The summed E-state index contributed by atoms with van der Waals surface area (Å²) in [5, 5.41) is 9.37. The number of rotatable bonds is 4. The molecule has 0 heterocycles. The van der Waals surface area contributed by atoms with E-state index in [1.807, 2.05) is 61.5 Å². The van der Waals surface area contributed by atoms with Crippen LogP contribution in [0.5, 0.6) is 5.75 Å². The van der Waals surface area contributed by atoms with E-state index in [4.69, 9.17) is 4.74 Å². The zero-order valence-electron chi connectivity index (χ0n) is 9.84. The minimum absolute atomic E-state index is 0.0299. The Kier molecular flexibility index (Phi) is 3.78. The molecule has 0 aliphatic rings. The van der Waals surface area contributed by atoms with E-state index in [-0.39, 0.29) is 12.7 Å². The summed E-state index contributed by atoms with van der Waals surface area (Å²) < 4.78 is 5.75. The summed E-state index contributed by atoms with van der Waals surface area (Å²) >= 11 is 0. The Balaban J connectivity index is 2.13. The Hall–Kier alpha value is -1.80. The predicted octanol–water partition coefficient (Wildman–Crippen LogP) is 3.11. The first-order chi connectivity index (χ1) is 8.29. The quantitative estimate of drug-likeness (QED) is 0.871. The van der Waals surface area contributed by atoms with Crippen molar-refractivity contribution >= 4 is 0 Å². The van der Waals surface area contributed by atoms with E-state index in [1.54, 1.807) is 0 Å². The molecule has 0 aliphatic heterocycles. The molecule has 1 N–H and O–H groups in total. The molecule has 0 saturated carbocycles. The first-order valence-electron chi connectivity index (χ1n) is 5.69. The van der Waals surface area contributed by atoms with Gasteiger partial charge in [0.05, 0.1) is 6.61 Å². The lowest BCUT2D eigenvalue weighted by Crippen LogP contribution is -2.11. The molecular weight excluding hydrogens is 212 g/mol. The van der Waals surface area contributed by atoms with E-state index in [2.05, 4.69) is 0 Å². The number of aliphatic hydroxyl groups is 1. The summed E-state index contributed by atoms with van der Waals surface area (Å²) in [7, 11) is 0. The summed E-state index contributed by atoms with van der Waals surface area (Å²) in [6.07, 6.45) is -0.307. The highest BCUT2D eigenvalue weighted by Crippen LogP contribution is 2.21. The van der Waals surface area contributed by atoms with E-state index >= 15 is 0 Å². The number of aryl methyl sites for hydroxylation is 1. The molecule has 1 atom stereocenters. The number of hydrogen-bond acceptors (Lipinski definition) is 2. The number of ether oxygens (including phenoxy) is 1. The maximum atomic E-state index is 9.37. The predicted molar refractivity (Wildman–Crippen MR) is 68.1 cm³/mol. The maximum Gasteiger partial charge on any atom is 0.147 e. The van der Waals surface area contributed by atoms with Crippen molar-refractivity contribution in [2.75, 3.05) is 6.61 Å². The van der Waals surface area contributed by atoms with Gasteiger partial charge in [0.1, 0.15) is 11.9 Å². The third kappa shape index (κ3) is 3.08. The van der Waals surface area contributed by atoms with Crippen molar-refractivity contribution in [2.24, 2.45) is 0 Å². The lowest BCUT2D eigenvalue weighted by Gasteiger charge is -2.17. The van der Waals surface area contributed by atoms with Gasteiger partial charge in [0.2, 0.25) is 0 Å². The topological polar surface area (TPSA) is 29.5 Å². The fourth-order valence-electron chi connectivity index (χ4n) is 1.66. The fourth-order valence-corrected chi connectivity index (χ4v) is 1.66. The van der Waals surface area contributed by atoms with E-state index < -0.39 is 0 Å². The average molecular weight is 228 g/mol.